The van der Waals surface area contributed by atoms with E-state index < -0.39 is 17.7 Å². The number of hydrogen-bond donors (Lipinski definition) is 2. The first-order valence-corrected chi connectivity index (χ1v) is 9.21. The Morgan fingerprint density at radius 3 is 1.96 bits per heavy atom. The zero-order valence-electron chi connectivity index (χ0n) is 15.6. The van der Waals surface area contributed by atoms with Crippen LogP contribution in [0.2, 0.25) is 0 Å². The van der Waals surface area contributed by atoms with Gasteiger partial charge in [-0.3, -0.25) is 4.89 Å². The van der Waals surface area contributed by atoms with Gasteiger partial charge in [0, 0.05) is 19.4 Å². The molecule has 1 atom stereocenters. The normalized spacial score (nSPS) is 13.0. The van der Waals surface area contributed by atoms with Gasteiger partial charge in [-0.05, 0) is 38.7 Å². The van der Waals surface area contributed by atoms with Gasteiger partial charge in [-0.1, -0.05) is 44.9 Å². The van der Waals surface area contributed by atoms with Crippen molar-refractivity contribution in [2.75, 3.05) is 6.61 Å². The molecule has 0 amide bonds. The fraction of sp³-hybridized carbons (Fsp3) is 0.944. The standard InChI is InChI=1S/C18H36O6/c1-16(20)15-18(2,3)23-24-22-17(21)13-11-9-7-5-4-6-8-10-12-14-19/h16,19-20H,4-15H2,1-3H3. The molecule has 0 aliphatic rings. The van der Waals surface area contributed by atoms with Crippen LogP contribution in [0.1, 0.15) is 91.4 Å². The predicted octanol–water partition coefficient (Wildman–Crippen LogP) is 3.84. The molecule has 6 heteroatoms. The number of unbranched alkanes of at least 4 members (excludes halogenated alkanes) is 8. The second-order valence-corrected chi connectivity index (χ2v) is 7.08. The molecule has 0 bridgehead atoms. The Morgan fingerprint density at radius 2 is 1.46 bits per heavy atom. The summed E-state index contributed by atoms with van der Waals surface area (Å²) in [6, 6.07) is 0. The van der Waals surface area contributed by atoms with Crippen LogP contribution in [0.5, 0.6) is 0 Å². The van der Waals surface area contributed by atoms with Crippen LogP contribution >= 0.6 is 0 Å². The molecule has 1 unspecified atom stereocenters. The molecule has 0 radical (unpaired) electrons. The maximum Gasteiger partial charge on any atom is 0.345 e. The fourth-order valence-corrected chi connectivity index (χ4v) is 2.55. The fourth-order valence-electron chi connectivity index (χ4n) is 2.55. The largest absolute Gasteiger partial charge is 0.396 e. The highest BCUT2D eigenvalue weighted by atomic mass is 17.5. The first kappa shape index (κ1) is 23.3. The molecular weight excluding hydrogens is 312 g/mol. The van der Waals surface area contributed by atoms with Gasteiger partial charge in [0.15, 0.2) is 0 Å². The van der Waals surface area contributed by atoms with Crippen LogP contribution in [0.3, 0.4) is 0 Å². The topological polar surface area (TPSA) is 85.2 Å². The van der Waals surface area contributed by atoms with Gasteiger partial charge in [0.2, 0.25) is 0 Å². The van der Waals surface area contributed by atoms with Crippen LogP contribution in [-0.2, 0) is 19.6 Å². The van der Waals surface area contributed by atoms with Crippen molar-refractivity contribution in [3.63, 3.8) is 0 Å². The highest BCUT2D eigenvalue weighted by molar-refractivity contribution is 5.68. The molecule has 0 heterocycles. The van der Waals surface area contributed by atoms with Gasteiger partial charge in [0.25, 0.3) is 0 Å². The number of carbonyl (C=O) groups is 1. The van der Waals surface area contributed by atoms with Crippen LogP contribution in [0.15, 0.2) is 0 Å². The van der Waals surface area contributed by atoms with Crippen molar-refractivity contribution in [1.82, 2.24) is 0 Å². The molecule has 0 aromatic heterocycles. The van der Waals surface area contributed by atoms with E-state index in [0.29, 0.717) is 19.4 Å². The van der Waals surface area contributed by atoms with Crippen molar-refractivity contribution in [3.05, 3.63) is 0 Å². The molecular formula is C18H36O6. The lowest BCUT2D eigenvalue weighted by molar-refractivity contribution is -0.518. The van der Waals surface area contributed by atoms with Gasteiger partial charge in [-0.25, -0.2) is 4.79 Å². The summed E-state index contributed by atoms with van der Waals surface area (Å²) < 4.78 is 0. The second kappa shape index (κ2) is 14.6. The van der Waals surface area contributed by atoms with Crippen LogP contribution in [0.25, 0.3) is 0 Å². The number of carbonyl (C=O) groups excluding carboxylic acids is 1. The lowest BCUT2D eigenvalue weighted by Gasteiger charge is -2.23. The second-order valence-electron chi connectivity index (χ2n) is 7.08. The van der Waals surface area contributed by atoms with Gasteiger partial charge < -0.3 is 10.2 Å². The van der Waals surface area contributed by atoms with E-state index >= 15 is 0 Å². The van der Waals surface area contributed by atoms with Gasteiger partial charge in [0.1, 0.15) is 5.60 Å². The molecule has 0 aliphatic carbocycles. The van der Waals surface area contributed by atoms with E-state index in [0.717, 1.165) is 32.1 Å². The smallest absolute Gasteiger partial charge is 0.345 e. The third-order valence-corrected chi connectivity index (χ3v) is 3.71. The molecule has 0 saturated heterocycles. The average molecular weight is 348 g/mol. The van der Waals surface area contributed by atoms with Gasteiger partial charge in [0.05, 0.1) is 6.10 Å². The van der Waals surface area contributed by atoms with Crippen LogP contribution in [0.4, 0.5) is 0 Å². The zero-order valence-corrected chi connectivity index (χ0v) is 15.6. The quantitative estimate of drug-likeness (QED) is 0.250. The Bertz CT molecular complexity index is 304. The Kier molecular flexibility index (Phi) is 14.2. The summed E-state index contributed by atoms with van der Waals surface area (Å²) in [6.45, 7) is 5.45. The van der Waals surface area contributed by atoms with Crippen molar-refractivity contribution < 1.29 is 29.8 Å². The Balaban J connectivity index is 3.41. The lowest BCUT2D eigenvalue weighted by atomic mass is 10.0. The molecule has 144 valence electrons. The van der Waals surface area contributed by atoms with E-state index in [1.165, 1.54) is 25.7 Å². The Hall–Kier alpha value is -0.690. The van der Waals surface area contributed by atoms with E-state index in [-0.39, 0.29) is 0 Å². The highest BCUT2D eigenvalue weighted by Gasteiger charge is 2.23. The third kappa shape index (κ3) is 16.2. The monoisotopic (exact) mass is 348 g/mol. The molecule has 0 fully saturated rings. The summed E-state index contributed by atoms with van der Waals surface area (Å²) in [4.78, 5) is 21.1. The lowest BCUT2D eigenvalue weighted by Crippen LogP contribution is -2.29. The predicted molar refractivity (Wildman–Crippen MR) is 91.9 cm³/mol. The molecule has 0 aliphatic heterocycles. The minimum absolute atomic E-state index is 0.295. The van der Waals surface area contributed by atoms with Gasteiger partial charge >= 0.3 is 5.97 Å². The van der Waals surface area contributed by atoms with E-state index in [9.17, 15) is 9.90 Å². The Labute approximate surface area is 146 Å². The summed E-state index contributed by atoms with van der Waals surface area (Å²) >= 11 is 0. The summed E-state index contributed by atoms with van der Waals surface area (Å²) in [6.07, 6.45) is 9.89. The summed E-state index contributed by atoms with van der Waals surface area (Å²) in [5, 5.41) is 22.5. The van der Waals surface area contributed by atoms with Crippen molar-refractivity contribution in [1.29, 1.82) is 0 Å². The maximum absolute atomic E-state index is 11.5. The van der Waals surface area contributed by atoms with E-state index in [2.05, 4.69) is 9.93 Å². The van der Waals surface area contributed by atoms with Crippen molar-refractivity contribution in [3.8, 4) is 0 Å². The SMILES string of the molecule is CC(O)CC(C)(C)OOOC(=O)CCCCCCCCCCCO. The average Bonchev–Trinajstić information content (AvgIpc) is 2.47. The van der Waals surface area contributed by atoms with E-state index in [4.69, 9.17) is 9.99 Å². The number of aliphatic hydroxyl groups is 2. The first-order chi connectivity index (χ1) is 11.4. The summed E-state index contributed by atoms with van der Waals surface area (Å²) in [5.74, 6) is -0.438. The zero-order chi connectivity index (χ0) is 18.3. The van der Waals surface area contributed by atoms with Crippen molar-refractivity contribution >= 4 is 5.97 Å². The first-order valence-electron chi connectivity index (χ1n) is 9.21. The summed E-state index contributed by atoms with van der Waals surface area (Å²) in [7, 11) is 0. The minimum atomic E-state index is -0.717. The number of aliphatic hydroxyl groups excluding tert-OH is 2. The van der Waals surface area contributed by atoms with Crippen LogP contribution < -0.4 is 0 Å². The number of hydrogen-bond acceptors (Lipinski definition) is 6. The third-order valence-electron chi connectivity index (χ3n) is 3.71. The minimum Gasteiger partial charge on any atom is -0.396 e. The number of rotatable bonds is 16. The maximum atomic E-state index is 11.5. The molecule has 0 aromatic rings. The molecule has 0 saturated carbocycles. The van der Waals surface area contributed by atoms with Gasteiger partial charge in [-0.15, -0.1) is 0 Å². The highest BCUT2D eigenvalue weighted by Crippen LogP contribution is 2.17. The van der Waals surface area contributed by atoms with Gasteiger partial charge in [-0.2, -0.15) is 4.89 Å². The molecule has 6 nitrogen and oxygen atoms in total. The van der Waals surface area contributed by atoms with Crippen molar-refractivity contribution in [2.45, 2.75) is 103 Å². The van der Waals surface area contributed by atoms with Crippen LogP contribution in [-0.4, -0.2) is 34.5 Å². The van der Waals surface area contributed by atoms with Crippen molar-refractivity contribution in [2.24, 2.45) is 0 Å². The molecule has 0 spiro atoms. The van der Waals surface area contributed by atoms with Crippen LogP contribution in [0, 0.1) is 0 Å². The summed E-state index contributed by atoms with van der Waals surface area (Å²) in [5.41, 5.74) is -0.717. The molecule has 0 rings (SSSR count). The Morgan fingerprint density at radius 1 is 0.958 bits per heavy atom. The molecule has 24 heavy (non-hydrogen) atoms. The van der Waals surface area contributed by atoms with E-state index in [1.54, 1.807) is 20.8 Å². The molecule has 0 aromatic carbocycles. The molecule has 2 N–H and O–H groups in total. The van der Waals surface area contributed by atoms with E-state index in [1.807, 2.05) is 0 Å².